The summed E-state index contributed by atoms with van der Waals surface area (Å²) in [6.45, 7) is 2.22. The standard InChI is InChI=1S/C12H20O/c1-2-3-4-5-6-7-8-9-10-11-12-13/h6-7,11H,2-5,8-10H2,1H3. The van der Waals surface area contributed by atoms with Crippen molar-refractivity contribution in [2.24, 2.45) is 0 Å². The molecule has 0 unspecified atom stereocenters. The Labute approximate surface area is 81.5 Å². The third-order valence-corrected chi connectivity index (χ3v) is 1.94. The van der Waals surface area contributed by atoms with E-state index in [1.165, 1.54) is 25.7 Å². The summed E-state index contributed by atoms with van der Waals surface area (Å²) < 4.78 is 0. The summed E-state index contributed by atoms with van der Waals surface area (Å²) in [5.41, 5.74) is 0. The summed E-state index contributed by atoms with van der Waals surface area (Å²) in [7, 11) is 0. The van der Waals surface area contributed by atoms with Crippen LogP contribution in [0.1, 0.15) is 51.9 Å². The van der Waals surface area contributed by atoms with E-state index in [1.54, 1.807) is 12.0 Å². The lowest BCUT2D eigenvalue weighted by atomic mass is 10.1. The van der Waals surface area contributed by atoms with Crippen LogP contribution in [0.4, 0.5) is 0 Å². The Morgan fingerprint density at radius 2 is 1.69 bits per heavy atom. The van der Waals surface area contributed by atoms with Gasteiger partial charge >= 0.3 is 0 Å². The fraction of sp³-hybridized carbons (Fsp3) is 0.667. The fourth-order valence-corrected chi connectivity index (χ4v) is 1.14. The highest BCUT2D eigenvalue weighted by Gasteiger charge is 1.82. The molecule has 0 radical (unpaired) electrons. The van der Waals surface area contributed by atoms with Crippen LogP contribution in [0, 0.1) is 0 Å². The van der Waals surface area contributed by atoms with E-state index in [0.717, 1.165) is 19.3 Å². The first-order valence-electron chi connectivity index (χ1n) is 5.26. The molecule has 0 N–H and O–H groups in total. The van der Waals surface area contributed by atoms with Gasteiger partial charge in [-0.2, -0.15) is 0 Å². The molecule has 0 heterocycles. The number of rotatable bonds is 8. The summed E-state index contributed by atoms with van der Waals surface area (Å²) in [6, 6.07) is 0. The summed E-state index contributed by atoms with van der Waals surface area (Å²) >= 11 is 0. The molecule has 74 valence electrons. The zero-order valence-corrected chi connectivity index (χ0v) is 8.59. The third-order valence-electron chi connectivity index (χ3n) is 1.94. The van der Waals surface area contributed by atoms with E-state index < -0.39 is 0 Å². The van der Waals surface area contributed by atoms with E-state index in [1.807, 2.05) is 0 Å². The van der Waals surface area contributed by atoms with Crippen molar-refractivity contribution < 1.29 is 4.79 Å². The highest BCUT2D eigenvalue weighted by molar-refractivity contribution is 5.44. The minimum Gasteiger partial charge on any atom is -0.234 e. The van der Waals surface area contributed by atoms with Gasteiger partial charge in [0.1, 0.15) is 5.94 Å². The molecule has 0 aliphatic heterocycles. The van der Waals surface area contributed by atoms with Gasteiger partial charge in [-0.25, -0.2) is 4.79 Å². The molecule has 0 rings (SSSR count). The van der Waals surface area contributed by atoms with Crippen molar-refractivity contribution >= 4 is 5.94 Å². The highest BCUT2D eigenvalue weighted by atomic mass is 16.1. The third kappa shape index (κ3) is 11.2. The average molecular weight is 180 g/mol. The molecular weight excluding hydrogens is 160 g/mol. The van der Waals surface area contributed by atoms with Crippen LogP contribution in [-0.4, -0.2) is 5.94 Å². The molecule has 0 saturated heterocycles. The van der Waals surface area contributed by atoms with Crippen LogP contribution in [0.5, 0.6) is 0 Å². The molecular formula is C12H20O. The monoisotopic (exact) mass is 180 g/mol. The lowest BCUT2D eigenvalue weighted by Gasteiger charge is -1.91. The van der Waals surface area contributed by atoms with E-state index in [2.05, 4.69) is 19.1 Å². The van der Waals surface area contributed by atoms with E-state index in [4.69, 9.17) is 0 Å². The van der Waals surface area contributed by atoms with Crippen molar-refractivity contribution in [2.75, 3.05) is 0 Å². The van der Waals surface area contributed by atoms with E-state index in [-0.39, 0.29) is 0 Å². The zero-order chi connectivity index (χ0) is 9.78. The lowest BCUT2D eigenvalue weighted by Crippen LogP contribution is -1.72. The Morgan fingerprint density at radius 3 is 2.31 bits per heavy atom. The molecule has 0 fully saturated rings. The van der Waals surface area contributed by atoms with Crippen LogP contribution >= 0.6 is 0 Å². The Hall–Kier alpha value is -0.810. The molecule has 0 saturated carbocycles. The molecule has 0 aliphatic carbocycles. The van der Waals surface area contributed by atoms with Crippen molar-refractivity contribution in [2.45, 2.75) is 51.9 Å². The van der Waals surface area contributed by atoms with E-state index in [0.29, 0.717) is 0 Å². The predicted molar refractivity (Wildman–Crippen MR) is 57.4 cm³/mol. The first-order chi connectivity index (χ1) is 6.41. The second-order valence-electron chi connectivity index (χ2n) is 3.22. The van der Waals surface area contributed by atoms with Gasteiger partial charge in [-0.1, -0.05) is 31.9 Å². The highest BCUT2D eigenvalue weighted by Crippen LogP contribution is 2.02. The molecule has 0 aromatic heterocycles. The first kappa shape index (κ1) is 12.2. The Balaban J connectivity index is 3.07. The Kier molecular flexibility index (Phi) is 10.5. The van der Waals surface area contributed by atoms with Gasteiger partial charge in [-0.15, -0.1) is 0 Å². The van der Waals surface area contributed by atoms with Crippen molar-refractivity contribution in [3.8, 4) is 0 Å². The van der Waals surface area contributed by atoms with Crippen molar-refractivity contribution in [1.29, 1.82) is 0 Å². The summed E-state index contributed by atoms with van der Waals surface area (Å²) in [5.74, 6) is 1.79. The molecule has 0 atom stereocenters. The number of allylic oxidation sites excluding steroid dienone is 3. The van der Waals surface area contributed by atoms with Gasteiger partial charge < -0.3 is 0 Å². The smallest absolute Gasteiger partial charge is 0.120 e. The predicted octanol–water partition coefficient (Wildman–Crippen LogP) is 3.68. The molecule has 1 nitrogen and oxygen atoms in total. The topological polar surface area (TPSA) is 17.1 Å². The van der Waals surface area contributed by atoms with Gasteiger partial charge in [0.25, 0.3) is 0 Å². The van der Waals surface area contributed by atoms with Crippen LogP contribution in [0.15, 0.2) is 18.2 Å². The number of unbranched alkanes of at least 4 members (excludes halogenated alkanes) is 5. The number of carbonyl (C=O) groups excluding carboxylic acids is 1. The lowest BCUT2D eigenvalue weighted by molar-refractivity contribution is 0.568. The SMILES string of the molecule is CCCCCC=CCCCC=C=O. The first-order valence-corrected chi connectivity index (χ1v) is 5.26. The van der Waals surface area contributed by atoms with Crippen LogP contribution in [0.25, 0.3) is 0 Å². The second kappa shape index (κ2) is 11.2. The minimum absolute atomic E-state index is 0.864. The molecule has 1 heteroatoms. The van der Waals surface area contributed by atoms with Gasteiger partial charge in [0.05, 0.1) is 0 Å². The molecule has 0 aliphatic rings. The maximum absolute atomic E-state index is 9.81. The van der Waals surface area contributed by atoms with Crippen molar-refractivity contribution in [1.82, 2.24) is 0 Å². The second-order valence-corrected chi connectivity index (χ2v) is 3.22. The fourth-order valence-electron chi connectivity index (χ4n) is 1.14. The average Bonchev–Trinajstić information content (AvgIpc) is 2.16. The van der Waals surface area contributed by atoms with E-state index >= 15 is 0 Å². The molecule has 0 spiro atoms. The Bertz CT molecular complexity index is 164. The quantitative estimate of drug-likeness (QED) is 0.316. The van der Waals surface area contributed by atoms with Crippen LogP contribution in [0.2, 0.25) is 0 Å². The van der Waals surface area contributed by atoms with E-state index in [9.17, 15) is 4.79 Å². The summed E-state index contributed by atoms with van der Waals surface area (Å²) in [6.07, 6.45) is 14.2. The minimum atomic E-state index is 0.864. The zero-order valence-electron chi connectivity index (χ0n) is 8.59. The summed E-state index contributed by atoms with van der Waals surface area (Å²) in [5, 5.41) is 0. The van der Waals surface area contributed by atoms with Crippen LogP contribution in [0.3, 0.4) is 0 Å². The maximum atomic E-state index is 9.81. The maximum Gasteiger partial charge on any atom is 0.120 e. The van der Waals surface area contributed by atoms with Crippen molar-refractivity contribution in [3.63, 3.8) is 0 Å². The van der Waals surface area contributed by atoms with Crippen molar-refractivity contribution in [3.05, 3.63) is 18.2 Å². The van der Waals surface area contributed by atoms with Gasteiger partial charge in [0.15, 0.2) is 0 Å². The number of hydrogen-bond donors (Lipinski definition) is 0. The number of hydrogen-bond acceptors (Lipinski definition) is 1. The molecule has 13 heavy (non-hydrogen) atoms. The molecule has 0 aromatic rings. The summed E-state index contributed by atoms with van der Waals surface area (Å²) in [4.78, 5) is 9.81. The molecule has 0 aromatic carbocycles. The van der Waals surface area contributed by atoms with Gasteiger partial charge in [0.2, 0.25) is 0 Å². The molecule has 0 amide bonds. The van der Waals surface area contributed by atoms with Gasteiger partial charge in [0, 0.05) is 0 Å². The van der Waals surface area contributed by atoms with Crippen LogP contribution < -0.4 is 0 Å². The molecule has 0 bridgehead atoms. The van der Waals surface area contributed by atoms with Gasteiger partial charge in [-0.3, -0.25) is 0 Å². The largest absolute Gasteiger partial charge is 0.234 e. The van der Waals surface area contributed by atoms with Crippen LogP contribution in [-0.2, 0) is 4.79 Å². The normalized spacial score (nSPS) is 10.2. The van der Waals surface area contributed by atoms with Gasteiger partial charge in [-0.05, 0) is 38.2 Å². The Morgan fingerprint density at radius 1 is 1.00 bits per heavy atom.